The second-order valence-corrected chi connectivity index (χ2v) is 5.87. The van der Waals surface area contributed by atoms with Gasteiger partial charge < -0.3 is 10.1 Å². The van der Waals surface area contributed by atoms with Gasteiger partial charge in [-0.3, -0.25) is 4.99 Å². The molecule has 0 bridgehead atoms. The molecule has 0 spiro atoms. The van der Waals surface area contributed by atoms with Crippen LogP contribution in [0.1, 0.15) is 12.8 Å². The average Bonchev–Trinajstić information content (AvgIpc) is 3.12. The lowest BCUT2D eigenvalue weighted by Crippen LogP contribution is -2.11. The lowest BCUT2D eigenvalue weighted by Gasteiger charge is -2.12. The fraction of sp³-hybridized carbons (Fsp3) is 0.462. The molecule has 1 N–H and O–H groups in total. The summed E-state index contributed by atoms with van der Waals surface area (Å²) < 4.78 is 29.1. The summed E-state index contributed by atoms with van der Waals surface area (Å²) >= 11 is 1.70. The van der Waals surface area contributed by atoms with Crippen molar-refractivity contribution in [3.05, 3.63) is 24.3 Å². The predicted octanol–water partition coefficient (Wildman–Crippen LogP) is 3.58. The van der Waals surface area contributed by atoms with Crippen LogP contribution in [0.15, 0.2) is 29.3 Å². The van der Waals surface area contributed by atoms with E-state index in [4.69, 9.17) is 0 Å². The number of ether oxygens (including phenoxy) is 1. The maximum atomic E-state index is 12.3. The van der Waals surface area contributed by atoms with Crippen molar-refractivity contribution < 1.29 is 13.5 Å². The zero-order valence-corrected chi connectivity index (χ0v) is 11.0. The van der Waals surface area contributed by atoms with Gasteiger partial charge in [0, 0.05) is 5.25 Å². The van der Waals surface area contributed by atoms with Crippen molar-refractivity contribution >= 4 is 22.6 Å². The maximum absolute atomic E-state index is 12.3. The molecule has 1 atom stereocenters. The molecule has 1 aliphatic heterocycles. The van der Waals surface area contributed by atoms with Crippen LogP contribution in [0.2, 0.25) is 0 Å². The summed E-state index contributed by atoms with van der Waals surface area (Å²) in [7, 11) is 0. The minimum absolute atomic E-state index is 0.149. The SMILES string of the molecule is FC(F)Oc1ccccc1NC1=NCC(C2CC2)S1. The smallest absolute Gasteiger partial charge is 0.387 e. The van der Waals surface area contributed by atoms with Crippen LogP contribution in [0.3, 0.4) is 0 Å². The van der Waals surface area contributed by atoms with Crippen molar-refractivity contribution in [1.29, 1.82) is 0 Å². The molecule has 6 heteroatoms. The van der Waals surface area contributed by atoms with Crippen molar-refractivity contribution in [2.24, 2.45) is 10.9 Å². The molecule has 0 radical (unpaired) electrons. The van der Waals surface area contributed by atoms with E-state index in [2.05, 4.69) is 15.0 Å². The Hall–Kier alpha value is -1.30. The minimum Gasteiger partial charge on any atom is -0.433 e. The molecule has 0 saturated heterocycles. The van der Waals surface area contributed by atoms with Crippen molar-refractivity contribution in [2.45, 2.75) is 24.7 Å². The van der Waals surface area contributed by atoms with Gasteiger partial charge in [-0.15, -0.1) is 0 Å². The number of anilines is 1. The van der Waals surface area contributed by atoms with Gasteiger partial charge in [0.25, 0.3) is 0 Å². The van der Waals surface area contributed by atoms with Gasteiger partial charge in [0.15, 0.2) is 5.17 Å². The molecule has 19 heavy (non-hydrogen) atoms. The van der Waals surface area contributed by atoms with Crippen molar-refractivity contribution in [1.82, 2.24) is 0 Å². The van der Waals surface area contributed by atoms with Gasteiger partial charge in [0.05, 0.1) is 12.2 Å². The van der Waals surface area contributed by atoms with Crippen LogP contribution < -0.4 is 10.1 Å². The third-order valence-corrected chi connectivity index (χ3v) is 4.46. The Labute approximate surface area is 114 Å². The quantitative estimate of drug-likeness (QED) is 0.917. The van der Waals surface area contributed by atoms with Crippen molar-refractivity contribution in [2.75, 3.05) is 11.9 Å². The lowest BCUT2D eigenvalue weighted by atomic mass is 10.3. The van der Waals surface area contributed by atoms with Crippen LogP contribution in [-0.4, -0.2) is 23.6 Å². The van der Waals surface area contributed by atoms with E-state index in [0.29, 0.717) is 10.9 Å². The lowest BCUT2D eigenvalue weighted by molar-refractivity contribution is -0.0493. The summed E-state index contributed by atoms with van der Waals surface area (Å²) in [6.07, 6.45) is 2.57. The number of thioether (sulfide) groups is 1. The highest BCUT2D eigenvalue weighted by Gasteiger charge is 2.35. The van der Waals surface area contributed by atoms with Gasteiger partial charge >= 0.3 is 6.61 Å². The molecule has 0 aromatic heterocycles. The van der Waals surface area contributed by atoms with Crippen LogP contribution >= 0.6 is 11.8 Å². The molecule has 2 aliphatic rings. The van der Waals surface area contributed by atoms with Gasteiger partial charge in [-0.25, -0.2) is 0 Å². The normalized spacial score (nSPS) is 22.5. The number of rotatable bonds is 4. The number of aliphatic imine (C=N–C) groups is 1. The van der Waals surface area contributed by atoms with Gasteiger partial charge in [0.2, 0.25) is 0 Å². The largest absolute Gasteiger partial charge is 0.433 e. The summed E-state index contributed by atoms with van der Waals surface area (Å²) in [5, 5.41) is 4.42. The number of para-hydroxylation sites is 2. The Morgan fingerprint density at radius 3 is 2.84 bits per heavy atom. The molecule has 3 nitrogen and oxygen atoms in total. The van der Waals surface area contributed by atoms with E-state index < -0.39 is 6.61 Å². The Balaban J connectivity index is 1.66. The first-order chi connectivity index (χ1) is 9.22. The first kappa shape index (κ1) is 12.7. The minimum atomic E-state index is -2.82. The number of nitrogens with one attached hydrogen (secondary N) is 1. The first-order valence-corrected chi connectivity index (χ1v) is 7.12. The van der Waals surface area contributed by atoms with Crippen LogP contribution in [0.4, 0.5) is 14.5 Å². The van der Waals surface area contributed by atoms with E-state index in [-0.39, 0.29) is 5.75 Å². The van der Waals surface area contributed by atoms with E-state index in [1.807, 2.05) is 0 Å². The highest BCUT2D eigenvalue weighted by atomic mass is 32.2. The van der Waals surface area contributed by atoms with Crippen molar-refractivity contribution in [3.63, 3.8) is 0 Å². The van der Waals surface area contributed by atoms with Crippen LogP contribution in [0, 0.1) is 5.92 Å². The number of amidine groups is 1. The van der Waals surface area contributed by atoms with Crippen molar-refractivity contribution in [3.8, 4) is 5.75 Å². The third kappa shape index (κ3) is 3.18. The fourth-order valence-electron chi connectivity index (χ4n) is 2.06. The number of nitrogens with zero attached hydrogens (tertiary/aromatic N) is 1. The summed E-state index contributed by atoms with van der Waals surface area (Å²) in [6, 6.07) is 6.68. The molecular weight excluding hydrogens is 270 g/mol. The molecule has 3 rings (SSSR count). The molecule has 1 unspecified atom stereocenters. The second kappa shape index (κ2) is 5.36. The average molecular weight is 284 g/mol. The number of halogens is 2. The number of hydrogen-bond donors (Lipinski definition) is 1. The Morgan fingerprint density at radius 1 is 1.32 bits per heavy atom. The van der Waals surface area contributed by atoms with Crippen LogP contribution in [0.5, 0.6) is 5.75 Å². The zero-order chi connectivity index (χ0) is 13.2. The number of benzene rings is 1. The molecule has 1 saturated carbocycles. The van der Waals surface area contributed by atoms with E-state index in [1.54, 1.807) is 30.0 Å². The monoisotopic (exact) mass is 284 g/mol. The van der Waals surface area contributed by atoms with Crippen LogP contribution in [-0.2, 0) is 0 Å². The zero-order valence-electron chi connectivity index (χ0n) is 10.2. The van der Waals surface area contributed by atoms with Gasteiger partial charge in [-0.2, -0.15) is 8.78 Å². The van der Waals surface area contributed by atoms with E-state index in [1.165, 1.54) is 18.9 Å². The first-order valence-electron chi connectivity index (χ1n) is 6.24. The summed E-state index contributed by atoms with van der Waals surface area (Å²) in [6.45, 7) is -2.00. The second-order valence-electron chi connectivity index (χ2n) is 4.64. The highest BCUT2D eigenvalue weighted by Crippen LogP contribution is 2.42. The van der Waals surface area contributed by atoms with Crippen LogP contribution in [0.25, 0.3) is 0 Å². The maximum Gasteiger partial charge on any atom is 0.387 e. The Kier molecular flexibility index (Phi) is 3.59. The van der Waals surface area contributed by atoms with Gasteiger partial charge in [-0.05, 0) is 30.9 Å². The Morgan fingerprint density at radius 2 is 2.11 bits per heavy atom. The number of hydrogen-bond acceptors (Lipinski definition) is 4. The number of alkyl halides is 2. The summed E-state index contributed by atoms with van der Waals surface area (Å²) in [5.41, 5.74) is 0.533. The third-order valence-electron chi connectivity index (χ3n) is 3.17. The fourth-order valence-corrected chi connectivity index (χ4v) is 3.28. The summed E-state index contributed by atoms with van der Waals surface area (Å²) in [5.74, 6) is 0.927. The van der Waals surface area contributed by atoms with Gasteiger partial charge in [-0.1, -0.05) is 23.9 Å². The highest BCUT2D eigenvalue weighted by molar-refractivity contribution is 8.15. The Bertz CT molecular complexity index is 491. The topological polar surface area (TPSA) is 33.6 Å². The van der Waals surface area contributed by atoms with E-state index >= 15 is 0 Å². The molecule has 1 aliphatic carbocycles. The molecule has 1 aromatic rings. The molecular formula is C13H14F2N2OS. The van der Waals surface area contributed by atoms with E-state index in [9.17, 15) is 8.78 Å². The molecule has 1 aromatic carbocycles. The standard InChI is InChI=1S/C13H14F2N2OS/c14-12(15)18-10-4-2-1-3-9(10)17-13-16-7-11(19-13)8-5-6-8/h1-4,8,11-12H,5-7H2,(H,16,17). The molecule has 102 valence electrons. The predicted molar refractivity (Wildman–Crippen MR) is 73.1 cm³/mol. The summed E-state index contributed by atoms with van der Waals surface area (Å²) in [4.78, 5) is 4.42. The van der Waals surface area contributed by atoms with E-state index in [0.717, 1.165) is 17.6 Å². The molecule has 1 fully saturated rings. The molecule has 0 amide bonds. The van der Waals surface area contributed by atoms with Gasteiger partial charge in [0.1, 0.15) is 5.75 Å². The molecule has 1 heterocycles.